The molecule has 0 fully saturated rings. The molecule has 4 N–H and O–H groups in total. The number of unbranched alkanes of at least 4 members (excludes halogenated alkanes) is 1. The van der Waals surface area contributed by atoms with Crippen molar-refractivity contribution in [2.24, 2.45) is 5.14 Å². The van der Waals surface area contributed by atoms with Crippen LogP contribution in [-0.2, 0) is 27.9 Å². The summed E-state index contributed by atoms with van der Waals surface area (Å²) in [4.78, 5) is 13.4. The van der Waals surface area contributed by atoms with Gasteiger partial charge in [-0.3, -0.25) is 4.98 Å². The van der Waals surface area contributed by atoms with Crippen LogP contribution in [0.25, 0.3) is 22.1 Å². The van der Waals surface area contributed by atoms with E-state index in [-0.39, 0.29) is 5.75 Å². The third kappa shape index (κ3) is 3.92. The highest BCUT2D eigenvalue weighted by Gasteiger charge is 2.18. The molecule has 9 nitrogen and oxygen atoms in total. The van der Waals surface area contributed by atoms with E-state index in [1.807, 2.05) is 17.6 Å². The summed E-state index contributed by atoms with van der Waals surface area (Å²) in [6.45, 7) is 3.35. The fourth-order valence-electron chi connectivity index (χ4n) is 2.89. The summed E-state index contributed by atoms with van der Waals surface area (Å²) in [5.41, 5.74) is 8.86. The lowest BCUT2D eigenvalue weighted by Gasteiger charge is -2.10. The van der Waals surface area contributed by atoms with Crippen molar-refractivity contribution in [3.63, 3.8) is 0 Å². The topological polar surface area (TPSA) is 139 Å². The average Bonchev–Trinajstić information content (AvgIpc) is 2.95. The molecule has 3 aromatic heterocycles. The van der Waals surface area contributed by atoms with Gasteiger partial charge in [-0.25, -0.2) is 23.5 Å². The molecule has 0 aliphatic carbocycles. The van der Waals surface area contributed by atoms with Crippen LogP contribution >= 0.6 is 0 Å². The molecule has 0 amide bonds. The van der Waals surface area contributed by atoms with Crippen molar-refractivity contribution < 1.29 is 13.2 Å². The van der Waals surface area contributed by atoms with Crippen molar-refractivity contribution in [1.29, 1.82) is 0 Å². The Hall–Kier alpha value is -2.30. The van der Waals surface area contributed by atoms with Gasteiger partial charge in [-0.1, -0.05) is 0 Å². The van der Waals surface area contributed by atoms with E-state index in [2.05, 4.69) is 15.0 Å². The number of hydrogen-bond acceptors (Lipinski definition) is 7. The summed E-state index contributed by atoms with van der Waals surface area (Å²) >= 11 is 0. The van der Waals surface area contributed by atoms with Gasteiger partial charge in [0.1, 0.15) is 29.0 Å². The van der Waals surface area contributed by atoms with Crippen molar-refractivity contribution in [3.8, 4) is 0 Å². The smallest absolute Gasteiger partial charge is 0.209 e. The molecule has 0 spiro atoms. The molecule has 0 aromatic carbocycles. The van der Waals surface area contributed by atoms with Crippen LogP contribution in [0.1, 0.15) is 25.6 Å². The number of nitrogens with two attached hydrogens (primary N) is 2. The Balaban J connectivity index is 2.04. The lowest BCUT2D eigenvalue weighted by Crippen LogP contribution is -2.17. The second-order valence-electron chi connectivity index (χ2n) is 5.96. The quantitative estimate of drug-likeness (QED) is 0.561. The maximum atomic E-state index is 11.1. The highest BCUT2D eigenvalue weighted by atomic mass is 32.2. The first kappa shape index (κ1) is 18.5. The van der Waals surface area contributed by atoms with Gasteiger partial charge in [0.15, 0.2) is 5.82 Å². The number of nitrogens with zero attached hydrogens (tertiary/aromatic N) is 4. The van der Waals surface area contributed by atoms with E-state index >= 15 is 0 Å². The predicted molar refractivity (Wildman–Crippen MR) is 99.8 cm³/mol. The largest absolute Gasteiger partial charge is 0.382 e. The van der Waals surface area contributed by atoms with Crippen molar-refractivity contribution in [3.05, 3.63) is 24.2 Å². The van der Waals surface area contributed by atoms with Gasteiger partial charge in [0, 0.05) is 19.3 Å². The van der Waals surface area contributed by atoms with Gasteiger partial charge in [-0.2, -0.15) is 0 Å². The van der Waals surface area contributed by atoms with E-state index < -0.39 is 10.0 Å². The van der Waals surface area contributed by atoms with Crippen LogP contribution in [-0.4, -0.2) is 40.3 Å². The number of sulfonamides is 1. The monoisotopic (exact) mass is 378 g/mol. The number of pyridine rings is 2. The highest BCUT2D eigenvalue weighted by Crippen LogP contribution is 2.28. The van der Waals surface area contributed by atoms with Gasteiger partial charge in [-0.15, -0.1) is 0 Å². The minimum Gasteiger partial charge on any atom is -0.382 e. The number of hydrogen-bond donors (Lipinski definition) is 2. The number of fused-ring (bicyclic) bond motifs is 3. The summed E-state index contributed by atoms with van der Waals surface area (Å²) in [6, 6.07) is 3.65. The van der Waals surface area contributed by atoms with E-state index in [1.54, 1.807) is 12.3 Å². The highest BCUT2D eigenvalue weighted by molar-refractivity contribution is 7.89. The molecule has 10 heteroatoms. The van der Waals surface area contributed by atoms with Crippen LogP contribution in [0, 0.1) is 0 Å². The molecule has 0 aliphatic rings. The Morgan fingerprint density at radius 3 is 2.77 bits per heavy atom. The fourth-order valence-corrected chi connectivity index (χ4v) is 3.49. The van der Waals surface area contributed by atoms with Crippen LogP contribution in [0.3, 0.4) is 0 Å². The van der Waals surface area contributed by atoms with Crippen molar-refractivity contribution in [1.82, 2.24) is 19.5 Å². The van der Waals surface area contributed by atoms with Gasteiger partial charge in [-0.05, 0) is 31.9 Å². The van der Waals surface area contributed by atoms with Gasteiger partial charge in [0.05, 0.1) is 11.3 Å². The Morgan fingerprint density at radius 2 is 2.04 bits per heavy atom. The third-order valence-electron chi connectivity index (χ3n) is 4.04. The molecule has 0 saturated carbocycles. The van der Waals surface area contributed by atoms with Crippen molar-refractivity contribution in [2.45, 2.75) is 32.9 Å². The zero-order valence-electron chi connectivity index (χ0n) is 14.6. The number of anilines is 1. The molecule has 0 bridgehead atoms. The normalized spacial score (nSPS) is 12.2. The Bertz CT molecular complexity index is 1030. The van der Waals surface area contributed by atoms with Gasteiger partial charge < -0.3 is 15.0 Å². The number of imidazole rings is 1. The van der Waals surface area contributed by atoms with E-state index in [0.717, 1.165) is 5.52 Å². The first-order chi connectivity index (χ1) is 12.4. The number of rotatable bonds is 8. The minimum absolute atomic E-state index is 0.0525. The standard InChI is InChI=1S/C16H22N6O3S/c1-2-25-10-12-21-14-15(22(12)8-3-4-9-26(18,23)24)13-11(20-16(14)17)6-5-7-19-13/h5-7H,2-4,8-10H2,1H3,(H2,17,20)(H2,18,23,24). The zero-order valence-corrected chi connectivity index (χ0v) is 15.4. The van der Waals surface area contributed by atoms with E-state index in [9.17, 15) is 8.42 Å². The lowest BCUT2D eigenvalue weighted by molar-refractivity contribution is 0.126. The Kier molecular flexibility index (Phi) is 5.35. The SMILES string of the molecule is CCOCc1nc2c(N)nc3cccnc3c2n1CCCCS(N)(=O)=O. The number of aromatic nitrogens is 4. The summed E-state index contributed by atoms with van der Waals surface area (Å²) in [6.07, 6.45) is 2.77. The maximum Gasteiger partial charge on any atom is 0.209 e. The van der Waals surface area contributed by atoms with Crippen LogP contribution in [0.15, 0.2) is 18.3 Å². The molecule has 0 radical (unpaired) electrons. The summed E-state index contributed by atoms with van der Waals surface area (Å²) in [5, 5.41) is 5.07. The second-order valence-corrected chi connectivity index (χ2v) is 7.69. The Morgan fingerprint density at radius 1 is 1.23 bits per heavy atom. The molecule has 0 saturated heterocycles. The molecule has 0 atom stereocenters. The first-order valence-corrected chi connectivity index (χ1v) is 10.1. The molecular weight excluding hydrogens is 356 g/mol. The minimum atomic E-state index is -3.47. The summed E-state index contributed by atoms with van der Waals surface area (Å²) < 4.78 is 29.8. The predicted octanol–water partition coefficient (Wildman–Crippen LogP) is 1.17. The van der Waals surface area contributed by atoms with Gasteiger partial charge in [0.2, 0.25) is 10.0 Å². The summed E-state index contributed by atoms with van der Waals surface area (Å²) in [7, 11) is -3.47. The van der Waals surface area contributed by atoms with E-state index in [4.69, 9.17) is 15.6 Å². The molecular formula is C16H22N6O3S. The second kappa shape index (κ2) is 7.52. The summed E-state index contributed by atoms with van der Waals surface area (Å²) in [5.74, 6) is 0.994. The molecule has 0 unspecified atom stereocenters. The van der Waals surface area contributed by atoms with Crippen LogP contribution in [0.2, 0.25) is 0 Å². The molecule has 140 valence electrons. The first-order valence-electron chi connectivity index (χ1n) is 8.38. The number of aryl methyl sites for hydroxylation is 1. The van der Waals surface area contributed by atoms with Crippen LogP contribution in [0.5, 0.6) is 0 Å². The molecule has 0 aliphatic heterocycles. The molecule has 3 rings (SSSR count). The number of nitrogen functional groups attached to an aromatic ring is 1. The van der Waals surface area contributed by atoms with Crippen LogP contribution < -0.4 is 10.9 Å². The van der Waals surface area contributed by atoms with Crippen molar-refractivity contribution in [2.75, 3.05) is 18.1 Å². The number of ether oxygens (including phenoxy) is 1. The van der Waals surface area contributed by atoms with Gasteiger partial charge >= 0.3 is 0 Å². The van der Waals surface area contributed by atoms with Gasteiger partial charge in [0.25, 0.3) is 0 Å². The molecule has 3 heterocycles. The number of primary sulfonamides is 1. The van der Waals surface area contributed by atoms with E-state index in [0.29, 0.717) is 60.8 Å². The van der Waals surface area contributed by atoms with E-state index in [1.165, 1.54) is 0 Å². The average molecular weight is 378 g/mol. The maximum absolute atomic E-state index is 11.1. The zero-order chi connectivity index (χ0) is 18.7. The van der Waals surface area contributed by atoms with Crippen molar-refractivity contribution >= 4 is 37.9 Å². The Labute approximate surface area is 151 Å². The molecule has 26 heavy (non-hydrogen) atoms. The third-order valence-corrected chi connectivity index (χ3v) is 4.89. The van der Waals surface area contributed by atoms with Crippen LogP contribution in [0.4, 0.5) is 5.82 Å². The molecule has 3 aromatic rings. The lowest BCUT2D eigenvalue weighted by atomic mass is 10.2. The fraction of sp³-hybridized carbons (Fsp3) is 0.438.